The predicted molar refractivity (Wildman–Crippen MR) is 141 cm³/mol. The Morgan fingerprint density at radius 2 is 1.82 bits per heavy atom. The predicted octanol–water partition coefficient (Wildman–Crippen LogP) is 2.17. The molecule has 0 spiro atoms. The van der Waals surface area contributed by atoms with Crippen LogP contribution in [-0.4, -0.2) is 74.6 Å². The van der Waals surface area contributed by atoms with E-state index in [9.17, 15) is 19.5 Å². The lowest BCUT2D eigenvalue weighted by Gasteiger charge is -2.54. The number of aromatic hydroxyl groups is 1. The molecule has 2 saturated heterocycles. The van der Waals surface area contributed by atoms with Gasteiger partial charge in [0, 0.05) is 13.0 Å². The molecule has 2 aliphatic rings. The van der Waals surface area contributed by atoms with E-state index in [0.717, 1.165) is 11.1 Å². The maximum atomic E-state index is 13.8. The molecule has 200 valence electrons. The molecule has 2 aromatic carbocycles. The summed E-state index contributed by atoms with van der Waals surface area (Å²) < 4.78 is 5.50. The summed E-state index contributed by atoms with van der Waals surface area (Å²) in [6.07, 6.45) is 6.57. The second-order valence-corrected chi connectivity index (χ2v) is 9.48. The van der Waals surface area contributed by atoms with E-state index in [-0.39, 0.29) is 56.7 Å². The molecule has 0 bridgehead atoms. The molecule has 2 aliphatic heterocycles. The number of phenols is 1. The molecule has 4 amide bonds. The van der Waals surface area contributed by atoms with Crippen LogP contribution in [0.1, 0.15) is 16.9 Å². The molecule has 2 fully saturated rings. The van der Waals surface area contributed by atoms with Gasteiger partial charge in [-0.25, -0.2) is 9.80 Å². The Hall–Kier alpha value is -4.75. The highest BCUT2D eigenvalue weighted by Crippen LogP contribution is 2.29. The molecule has 3 heterocycles. The van der Waals surface area contributed by atoms with E-state index in [4.69, 9.17) is 10.8 Å². The van der Waals surface area contributed by atoms with Crippen LogP contribution in [0.3, 0.4) is 0 Å². The molecule has 0 radical (unpaired) electrons. The molecule has 1 aromatic heterocycles. The third-order valence-corrected chi connectivity index (χ3v) is 6.89. The van der Waals surface area contributed by atoms with Crippen molar-refractivity contribution in [2.24, 2.45) is 0 Å². The van der Waals surface area contributed by atoms with Crippen LogP contribution in [0.25, 0.3) is 0 Å². The fraction of sp³-hybridized carbons (Fsp3) is 0.276. The number of hydrazine groups is 1. The van der Waals surface area contributed by atoms with Crippen LogP contribution in [0, 0.1) is 12.3 Å². The Balaban J connectivity index is 1.48. The number of carbonyl (C=O) groups excluding carboxylic acids is 3. The summed E-state index contributed by atoms with van der Waals surface area (Å²) in [6.45, 7) is 0.454. The average molecular weight is 528 g/mol. The van der Waals surface area contributed by atoms with Crippen LogP contribution in [0.5, 0.6) is 5.75 Å². The Morgan fingerprint density at radius 3 is 2.51 bits per heavy atom. The number of fused-ring (bicyclic) bond motifs is 1. The minimum absolute atomic E-state index is 0.0452. The van der Waals surface area contributed by atoms with E-state index in [2.05, 4.69) is 11.2 Å². The van der Waals surface area contributed by atoms with E-state index < -0.39 is 18.2 Å². The van der Waals surface area contributed by atoms with Gasteiger partial charge in [0.05, 0.1) is 32.4 Å². The van der Waals surface area contributed by atoms with Gasteiger partial charge < -0.3 is 24.6 Å². The van der Waals surface area contributed by atoms with E-state index in [0.29, 0.717) is 5.76 Å². The first-order valence-corrected chi connectivity index (χ1v) is 12.6. The highest BCUT2D eigenvalue weighted by atomic mass is 16.3. The Bertz CT molecular complexity index is 1350. The SMILES string of the molecule is C#CCN1CC(=O)N2C(CN(Cc3ccco3)C(=O)[C@@H]2Cc2ccc(O)cc2)N1C(=O)NCc1ccccc1. The average Bonchev–Trinajstić information content (AvgIpc) is 3.45. The first kappa shape index (κ1) is 25.9. The van der Waals surface area contributed by atoms with Crippen molar-refractivity contribution in [3.05, 3.63) is 89.9 Å². The number of amides is 4. The van der Waals surface area contributed by atoms with Crippen molar-refractivity contribution in [3.63, 3.8) is 0 Å². The van der Waals surface area contributed by atoms with Crippen molar-refractivity contribution >= 4 is 17.8 Å². The number of rotatable bonds is 7. The van der Waals surface area contributed by atoms with Crippen molar-refractivity contribution in [3.8, 4) is 18.1 Å². The summed E-state index contributed by atoms with van der Waals surface area (Å²) >= 11 is 0. The number of hydrogen-bond donors (Lipinski definition) is 2. The fourth-order valence-corrected chi connectivity index (χ4v) is 5.08. The first-order chi connectivity index (χ1) is 18.9. The third kappa shape index (κ3) is 5.58. The van der Waals surface area contributed by atoms with Crippen LogP contribution in [0.4, 0.5) is 4.79 Å². The summed E-state index contributed by atoms with van der Waals surface area (Å²) in [5, 5.41) is 15.7. The van der Waals surface area contributed by atoms with Gasteiger partial charge in [-0.15, -0.1) is 6.42 Å². The zero-order valence-corrected chi connectivity index (χ0v) is 21.3. The number of furan rings is 1. The molecular formula is C29H29N5O5. The van der Waals surface area contributed by atoms with Crippen molar-refractivity contribution in [1.82, 2.24) is 25.1 Å². The van der Waals surface area contributed by atoms with Gasteiger partial charge in [0.2, 0.25) is 11.8 Å². The minimum atomic E-state index is -0.867. The Labute approximate surface area is 226 Å². The smallest absolute Gasteiger partial charge is 0.334 e. The highest BCUT2D eigenvalue weighted by molar-refractivity contribution is 5.91. The van der Waals surface area contributed by atoms with Gasteiger partial charge in [-0.3, -0.25) is 9.59 Å². The van der Waals surface area contributed by atoms with Crippen molar-refractivity contribution in [2.45, 2.75) is 31.7 Å². The summed E-state index contributed by atoms with van der Waals surface area (Å²) in [4.78, 5) is 44.1. The number of benzene rings is 2. The third-order valence-electron chi connectivity index (χ3n) is 6.89. The topological polar surface area (TPSA) is 110 Å². The summed E-state index contributed by atoms with van der Waals surface area (Å²) in [6, 6.07) is 18.2. The molecule has 0 saturated carbocycles. The lowest BCUT2D eigenvalue weighted by molar-refractivity contribution is -0.189. The lowest BCUT2D eigenvalue weighted by Crippen LogP contribution is -2.76. The Kier molecular flexibility index (Phi) is 7.52. The van der Waals surface area contributed by atoms with E-state index in [1.165, 1.54) is 28.3 Å². The van der Waals surface area contributed by atoms with Gasteiger partial charge in [-0.05, 0) is 35.4 Å². The first-order valence-electron chi connectivity index (χ1n) is 12.6. The van der Waals surface area contributed by atoms with E-state index in [1.54, 1.807) is 34.2 Å². The molecule has 1 unspecified atom stereocenters. The zero-order valence-electron chi connectivity index (χ0n) is 21.3. The number of hydrogen-bond acceptors (Lipinski definition) is 6. The van der Waals surface area contributed by atoms with Gasteiger partial charge in [0.25, 0.3) is 0 Å². The van der Waals surface area contributed by atoms with Crippen LogP contribution < -0.4 is 5.32 Å². The molecule has 2 N–H and O–H groups in total. The number of piperazine rings is 1. The molecule has 3 aromatic rings. The van der Waals surface area contributed by atoms with Crippen LogP contribution >= 0.6 is 0 Å². The molecule has 2 atom stereocenters. The zero-order chi connectivity index (χ0) is 27.4. The largest absolute Gasteiger partial charge is 0.508 e. The molecule has 10 nitrogen and oxygen atoms in total. The second kappa shape index (κ2) is 11.3. The van der Waals surface area contributed by atoms with Gasteiger partial charge >= 0.3 is 6.03 Å². The highest BCUT2D eigenvalue weighted by Gasteiger charge is 2.51. The van der Waals surface area contributed by atoms with Crippen LogP contribution in [0.2, 0.25) is 0 Å². The number of nitrogens with zero attached hydrogens (tertiary/aromatic N) is 4. The van der Waals surface area contributed by atoms with E-state index in [1.807, 2.05) is 30.3 Å². The molecular weight excluding hydrogens is 498 g/mol. The standard InChI is InChI=1S/C29H29N5O5/c1-2-14-32-20-27(36)33-25(16-21-10-12-23(35)13-11-21)28(37)31(18-24-9-6-15-39-24)19-26(33)34(32)29(38)30-17-22-7-4-3-5-8-22/h1,3-13,15,25-26,35H,14,16-20H2,(H,30,38)/t25-,26?/m0/s1. The maximum absolute atomic E-state index is 13.8. The van der Waals surface area contributed by atoms with Crippen molar-refractivity contribution in [1.29, 1.82) is 0 Å². The number of carbonyl (C=O) groups is 3. The number of urea groups is 1. The summed E-state index contributed by atoms with van der Waals surface area (Å²) in [7, 11) is 0. The molecule has 39 heavy (non-hydrogen) atoms. The quantitative estimate of drug-likeness (QED) is 0.456. The molecule has 5 rings (SSSR count). The van der Waals surface area contributed by atoms with Crippen LogP contribution in [0.15, 0.2) is 77.4 Å². The molecule has 0 aliphatic carbocycles. The number of phenolic OH excluding ortho intramolecular Hbond substituents is 1. The van der Waals surface area contributed by atoms with Gasteiger partial charge in [0.15, 0.2) is 0 Å². The Morgan fingerprint density at radius 1 is 1.05 bits per heavy atom. The van der Waals surface area contributed by atoms with Gasteiger partial charge in [-0.1, -0.05) is 48.4 Å². The van der Waals surface area contributed by atoms with E-state index >= 15 is 0 Å². The second-order valence-electron chi connectivity index (χ2n) is 9.48. The van der Waals surface area contributed by atoms with Gasteiger partial charge in [0.1, 0.15) is 23.7 Å². The molecule has 10 heteroatoms. The number of terminal acetylenes is 1. The monoisotopic (exact) mass is 527 g/mol. The summed E-state index contributed by atoms with van der Waals surface area (Å²) in [5.74, 6) is 2.68. The maximum Gasteiger partial charge on any atom is 0.334 e. The van der Waals surface area contributed by atoms with Crippen LogP contribution in [-0.2, 0) is 29.1 Å². The fourth-order valence-electron chi connectivity index (χ4n) is 5.08. The normalized spacial score (nSPS) is 19.5. The summed E-state index contributed by atoms with van der Waals surface area (Å²) in [5.41, 5.74) is 1.69. The minimum Gasteiger partial charge on any atom is -0.508 e. The lowest BCUT2D eigenvalue weighted by atomic mass is 9.98. The van der Waals surface area contributed by atoms with Gasteiger partial charge in [-0.2, -0.15) is 5.01 Å². The van der Waals surface area contributed by atoms with Crippen molar-refractivity contribution in [2.75, 3.05) is 19.6 Å². The number of nitrogens with one attached hydrogen (secondary N) is 1. The van der Waals surface area contributed by atoms with Crippen molar-refractivity contribution < 1.29 is 23.9 Å².